The van der Waals surface area contributed by atoms with Crippen molar-refractivity contribution >= 4 is 28.6 Å². The van der Waals surface area contributed by atoms with Crippen molar-refractivity contribution < 1.29 is 27.1 Å². The number of aliphatic imine (C=N–C) groups is 1. The second-order valence-corrected chi connectivity index (χ2v) is 11.1. The molecular formula is C31H30F4N6O2S. The molecule has 1 aliphatic rings. The Kier molecular flexibility index (Phi) is 9.52. The Morgan fingerprint density at radius 2 is 1.84 bits per heavy atom. The molecule has 0 radical (unpaired) electrons. The van der Waals surface area contributed by atoms with Gasteiger partial charge in [-0.1, -0.05) is 61.2 Å². The van der Waals surface area contributed by atoms with Gasteiger partial charge in [0.25, 0.3) is 0 Å². The van der Waals surface area contributed by atoms with Crippen LogP contribution in [0.3, 0.4) is 0 Å². The number of aryl methyl sites for hydroxylation is 1. The summed E-state index contributed by atoms with van der Waals surface area (Å²) in [6.07, 6.45) is -3.02. The number of para-hydroxylation sites is 1. The van der Waals surface area contributed by atoms with Gasteiger partial charge in [-0.3, -0.25) is 0 Å². The summed E-state index contributed by atoms with van der Waals surface area (Å²) in [5.41, 5.74) is 3.65. The normalized spacial score (nSPS) is 17.0. The molecule has 2 atom stereocenters. The van der Waals surface area contributed by atoms with E-state index in [4.69, 9.17) is 0 Å². The van der Waals surface area contributed by atoms with Gasteiger partial charge in [0.1, 0.15) is 18.2 Å². The number of carbonyl (C=O) groups is 1. The van der Waals surface area contributed by atoms with Crippen LogP contribution in [-0.2, 0) is 6.42 Å². The van der Waals surface area contributed by atoms with Gasteiger partial charge < -0.3 is 15.0 Å². The van der Waals surface area contributed by atoms with E-state index in [0.29, 0.717) is 27.8 Å². The Labute approximate surface area is 256 Å². The number of anilines is 1. The van der Waals surface area contributed by atoms with E-state index in [1.165, 1.54) is 47.0 Å². The van der Waals surface area contributed by atoms with E-state index in [-0.39, 0.29) is 18.3 Å². The van der Waals surface area contributed by atoms with E-state index in [0.717, 1.165) is 29.8 Å². The highest BCUT2D eigenvalue weighted by molar-refractivity contribution is 8.14. The molecule has 1 aliphatic heterocycles. The molecule has 13 heteroatoms. The van der Waals surface area contributed by atoms with Crippen molar-refractivity contribution in [3.8, 4) is 22.8 Å². The molecule has 230 valence electrons. The van der Waals surface area contributed by atoms with E-state index < -0.39 is 18.6 Å². The van der Waals surface area contributed by atoms with E-state index in [1.807, 2.05) is 18.2 Å². The number of amides is 2. The Morgan fingerprint density at radius 1 is 1.11 bits per heavy atom. The van der Waals surface area contributed by atoms with E-state index in [9.17, 15) is 18.0 Å². The van der Waals surface area contributed by atoms with Gasteiger partial charge in [0, 0.05) is 23.0 Å². The number of nitrogens with zero attached hydrogens (tertiary/aromatic N) is 5. The van der Waals surface area contributed by atoms with Gasteiger partial charge in [-0.15, -0.1) is 18.3 Å². The van der Waals surface area contributed by atoms with Gasteiger partial charge in [-0.2, -0.15) is 4.99 Å². The third-order valence-corrected chi connectivity index (χ3v) is 8.02. The number of hydrogen-bond acceptors (Lipinski definition) is 5. The Morgan fingerprint density at radius 3 is 2.55 bits per heavy atom. The fourth-order valence-electron chi connectivity index (χ4n) is 4.76. The number of carbonyl (C=O) groups excluding carboxylic acids is 1. The molecule has 3 aromatic carbocycles. The number of nitrogens with one attached hydrogen (secondary N) is 1. The molecule has 1 N–H and O–H groups in total. The molecule has 1 fully saturated rings. The second-order valence-electron chi connectivity index (χ2n) is 10.1. The van der Waals surface area contributed by atoms with Crippen LogP contribution in [0.4, 0.5) is 28.0 Å². The summed E-state index contributed by atoms with van der Waals surface area (Å²) in [5, 5.41) is 7.54. The van der Waals surface area contributed by atoms with Crippen LogP contribution >= 0.6 is 11.8 Å². The third-order valence-electron chi connectivity index (χ3n) is 7.03. The standard InChI is InChI=1S/C31H30F4N6O2S/c1-3-21-6-4-5-7-27(21)41-20(2)16-17-44-30(41)38-29(42)36-18-26(32)22-8-10-23(11-9-22)28-37-19-40(39-28)24-12-14-25(15-13-24)43-31(33,34)35/h4-15,19-20,26H,3,16-18H2,1-2H3,(H,36,42)/b38-30-. The molecule has 0 aliphatic carbocycles. The maximum absolute atomic E-state index is 15.1. The molecule has 5 rings (SSSR count). The number of amidine groups is 1. The van der Waals surface area contributed by atoms with Gasteiger partial charge in [-0.05, 0) is 61.2 Å². The van der Waals surface area contributed by atoms with Crippen LogP contribution in [0.15, 0.2) is 84.1 Å². The zero-order chi connectivity index (χ0) is 31.3. The minimum atomic E-state index is -4.77. The molecule has 2 amide bonds. The summed E-state index contributed by atoms with van der Waals surface area (Å²) in [4.78, 5) is 23.4. The van der Waals surface area contributed by atoms with Crippen LogP contribution in [0, 0.1) is 0 Å². The first-order chi connectivity index (χ1) is 21.1. The average Bonchev–Trinajstić information content (AvgIpc) is 3.50. The summed E-state index contributed by atoms with van der Waals surface area (Å²) in [5.74, 6) is 0.843. The number of hydrogen-bond donors (Lipinski definition) is 1. The average molecular weight is 627 g/mol. The molecule has 0 spiro atoms. The lowest BCUT2D eigenvalue weighted by Crippen LogP contribution is -2.42. The van der Waals surface area contributed by atoms with Crippen LogP contribution in [0.5, 0.6) is 5.75 Å². The highest BCUT2D eigenvalue weighted by Crippen LogP contribution is 2.32. The number of urea groups is 1. The number of aromatic nitrogens is 3. The molecule has 0 bridgehead atoms. The van der Waals surface area contributed by atoms with Crippen molar-refractivity contribution in [3.05, 3.63) is 90.3 Å². The number of rotatable bonds is 8. The highest BCUT2D eigenvalue weighted by atomic mass is 32.2. The lowest BCUT2D eigenvalue weighted by molar-refractivity contribution is -0.274. The lowest BCUT2D eigenvalue weighted by atomic mass is 10.1. The van der Waals surface area contributed by atoms with Crippen molar-refractivity contribution in [3.63, 3.8) is 0 Å². The Bertz CT molecular complexity index is 1610. The zero-order valence-electron chi connectivity index (χ0n) is 24.0. The van der Waals surface area contributed by atoms with Crippen molar-refractivity contribution in [2.45, 2.75) is 45.3 Å². The molecule has 1 aromatic heterocycles. The van der Waals surface area contributed by atoms with E-state index >= 15 is 4.39 Å². The SMILES string of the molecule is CCc1ccccc1N1/C(=N/C(=O)NCC(F)c2ccc(-c3ncn(-c4ccc(OC(F)(F)F)cc4)n3)cc2)SCCC1C. The second kappa shape index (κ2) is 13.5. The summed E-state index contributed by atoms with van der Waals surface area (Å²) in [6, 6.07) is 19.3. The molecule has 8 nitrogen and oxygen atoms in total. The predicted molar refractivity (Wildman–Crippen MR) is 163 cm³/mol. The number of alkyl halides is 4. The Balaban J connectivity index is 1.20. The molecule has 2 heterocycles. The van der Waals surface area contributed by atoms with Gasteiger partial charge in [0.2, 0.25) is 0 Å². The van der Waals surface area contributed by atoms with Crippen LogP contribution in [0.1, 0.15) is 37.6 Å². The fourth-order valence-corrected chi connectivity index (χ4v) is 5.97. The highest BCUT2D eigenvalue weighted by Gasteiger charge is 2.31. The van der Waals surface area contributed by atoms with Crippen molar-refractivity contribution in [1.82, 2.24) is 20.1 Å². The van der Waals surface area contributed by atoms with Crippen LogP contribution in [0.25, 0.3) is 17.1 Å². The van der Waals surface area contributed by atoms with Crippen molar-refractivity contribution in [2.24, 2.45) is 4.99 Å². The molecule has 4 aromatic rings. The molecule has 44 heavy (non-hydrogen) atoms. The number of benzene rings is 3. The zero-order valence-corrected chi connectivity index (χ0v) is 24.8. The van der Waals surface area contributed by atoms with Crippen molar-refractivity contribution in [2.75, 3.05) is 17.2 Å². The van der Waals surface area contributed by atoms with Gasteiger partial charge in [0.05, 0.1) is 12.2 Å². The summed E-state index contributed by atoms with van der Waals surface area (Å²) < 4.78 is 57.6. The first-order valence-corrected chi connectivity index (χ1v) is 15.0. The van der Waals surface area contributed by atoms with Crippen LogP contribution in [-0.4, -0.2) is 50.7 Å². The minimum Gasteiger partial charge on any atom is -0.406 e. The van der Waals surface area contributed by atoms with Crippen molar-refractivity contribution in [1.29, 1.82) is 0 Å². The first kappa shape index (κ1) is 31.0. The monoisotopic (exact) mass is 626 g/mol. The summed E-state index contributed by atoms with van der Waals surface area (Å²) in [6.45, 7) is 3.95. The smallest absolute Gasteiger partial charge is 0.406 e. The molecule has 2 unspecified atom stereocenters. The van der Waals surface area contributed by atoms with Gasteiger partial charge in [0.15, 0.2) is 11.0 Å². The fraction of sp³-hybridized carbons (Fsp3) is 0.290. The number of ether oxygens (including phenoxy) is 1. The first-order valence-electron chi connectivity index (χ1n) is 14.0. The number of thioether (sulfide) groups is 1. The maximum atomic E-state index is 15.1. The van der Waals surface area contributed by atoms with Gasteiger partial charge in [-0.25, -0.2) is 18.9 Å². The molecular weight excluding hydrogens is 596 g/mol. The molecule has 0 saturated carbocycles. The van der Waals surface area contributed by atoms with E-state index in [1.54, 1.807) is 24.3 Å². The quantitative estimate of drug-likeness (QED) is 0.204. The largest absolute Gasteiger partial charge is 0.573 e. The summed E-state index contributed by atoms with van der Waals surface area (Å²) >= 11 is 1.51. The predicted octanol–water partition coefficient (Wildman–Crippen LogP) is 7.50. The lowest BCUT2D eigenvalue weighted by Gasteiger charge is -2.36. The molecule has 1 saturated heterocycles. The Hall–Kier alpha value is -4.39. The number of halogens is 4. The van der Waals surface area contributed by atoms with E-state index in [2.05, 4.69) is 49.9 Å². The minimum absolute atomic E-state index is 0.169. The van der Waals surface area contributed by atoms with Gasteiger partial charge >= 0.3 is 12.4 Å². The third kappa shape index (κ3) is 7.57. The van der Waals surface area contributed by atoms with Crippen LogP contribution < -0.4 is 15.0 Å². The summed E-state index contributed by atoms with van der Waals surface area (Å²) in [7, 11) is 0. The maximum Gasteiger partial charge on any atom is 0.573 e. The van der Waals surface area contributed by atoms with Crippen LogP contribution in [0.2, 0.25) is 0 Å². The topological polar surface area (TPSA) is 84.6 Å².